The molecule has 7 heteroatoms. The van der Waals surface area contributed by atoms with Gasteiger partial charge < -0.3 is 10.8 Å². The Hall–Kier alpha value is -0.470. The van der Waals surface area contributed by atoms with Crippen LogP contribution in [0.2, 0.25) is 0 Å². The second kappa shape index (κ2) is 5.26. The van der Waals surface area contributed by atoms with Crippen LogP contribution >= 0.6 is 11.3 Å². The molecule has 102 valence electrons. The molecule has 0 aliphatic carbocycles. The SMILES string of the molecule is CC1CN(S(=O)(=O)c2ccc(CN)s2)CCC1O. The van der Waals surface area contributed by atoms with E-state index in [-0.39, 0.29) is 5.92 Å². The van der Waals surface area contributed by atoms with Crippen LogP contribution in [0.15, 0.2) is 16.3 Å². The van der Waals surface area contributed by atoms with Crippen molar-refractivity contribution in [3.8, 4) is 0 Å². The topological polar surface area (TPSA) is 83.6 Å². The summed E-state index contributed by atoms with van der Waals surface area (Å²) in [5.74, 6) is -0.0255. The van der Waals surface area contributed by atoms with Gasteiger partial charge >= 0.3 is 0 Å². The number of aliphatic hydroxyl groups excluding tert-OH is 1. The lowest BCUT2D eigenvalue weighted by Crippen LogP contribution is -2.44. The summed E-state index contributed by atoms with van der Waals surface area (Å²) < 4.78 is 26.6. The normalized spacial score (nSPS) is 26.4. The highest BCUT2D eigenvalue weighted by molar-refractivity contribution is 7.91. The molecule has 0 amide bonds. The van der Waals surface area contributed by atoms with Gasteiger partial charge in [-0.1, -0.05) is 6.92 Å². The second-order valence-electron chi connectivity index (χ2n) is 4.62. The number of piperidine rings is 1. The van der Waals surface area contributed by atoms with E-state index in [1.54, 1.807) is 12.1 Å². The maximum absolute atomic E-state index is 12.4. The van der Waals surface area contributed by atoms with Gasteiger partial charge in [0.1, 0.15) is 4.21 Å². The first-order valence-corrected chi connectivity index (χ1v) is 8.18. The van der Waals surface area contributed by atoms with Crippen LogP contribution in [0.25, 0.3) is 0 Å². The lowest BCUT2D eigenvalue weighted by Gasteiger charge is -2.33. The minimum Gasteiger partial charge on any atom is -0.393 e. The molecule has 0 spiro atoms. The average Bonchev–Trinajstić information content (AvgIpc) is 2.81. The molecule has 1 fully saturated rings. The summed E-state index contributed by atoms with van der Waals surface area (Å²) in [5.41, 5.74) is 5.49. The van der Waals surface area contributed by atoms with Crippen molar-refractivity contribution in [3.63, 3.8) is 0 Å². The van der Waals surface area contributed by atoms with Crippen molar-refractivity contribution in [1.29, 1.82) is 0 Å². The summed E-state index contributed by atoms with van der Waals surface area (Å²) in [6.45, 7) is 2.98. The Balaban J connectivity index is 2.21. The van der Waals surface area contributed by atoms with Crippen LogP contribution in [0.4, 0.5) is 0 Å². The van der Waals surface area contributed by atoms with Crippen molar-refractivity contribution in [2.75, 3.05) is 13.1 Å². The van der Waals surface area contributed by atoms with Gasteiger partial charge in [-0.2, -0.15) is 4.31 Å². The summed E-state index contributed by atoms with van der Waals surface area (Å²) in [4.78, 5) is 0.860. The third-order valence-electron chi connectivity index (χ3n) is 3.26. The standard InChI is InChI=1S/C11H18N2O3S2/c1-8-7-13(5-4-10(8)14)18(15,16)11-3-2-9(6-12)17-11/h2-3,8,10,14H,4-7,12H2,1H3. The molecule has 2 unspecified atom stereocenters. The van der Waals surface area contributed by atoms with Crippen LogP contribution in [0.5, 0.6) is 0 Å². The Morgan fingerprint density at radius 3 is 2.83 bits per heavy atom. The zero-order valence-corrected chi connectivity index (χ0v) is 11.9. The monoisotopic (exact) mass is 290 g/mol. The molecule has 0 radical (unpaired) electrons. The zero-order valence-electron chi connectivity index (χ0n) is 10.2. The Morgan fingerprint density at radius 1 is 1.56 bits per heavy atom. The number of thiophene rings is 1. The molecule has 2 rings (SSSR count). The van der Waals surface area contributed by atoms with Crippen molar-refractivity contribution in [2.45, 2.75) is 30.2 Å². The summed E-state index contributed by atoms with van der Waals surface area (Å²) >= 11 is 1.22. The molecule has 18 heavy (non-hydrogen) atoms. The quantitative estimate of drug-likeness (QED) is 0.854. The zero-order chi connectivity index (χ0) is 13.3. The summed E-state index contributed by atoms with van der Waals surface area (Å²) in [6.07, 6.45) is 0.0922. The van der Waals surface area contributed by atoms with E-state index < -0.39 is 16.1 Å². The molecular weight excluding hydrogens is 272 g/mol. The highest BCUT2D eigenvalue weighted by atomic mass is 32.2. The summed E-state index contributed by atoms with van der Waals surface area (Å²) in [7, 11) is -3.42. The molecule has 1 aliphatic rings. The van der Waals surface area contributed by atoms with Crippen molar-refractivity contribution in [2.24, 2.45) is 11.7 Å². The molecular formula is C11H18N2O3S2. The van der Waals surface area contributed by atoms with Gasteiger partial charge in [0.2, 0.25) is 0 Å². The first-order valence-electron chi connectivity index (χ1n) is 5.92. The Kier molecular flexibility index (Phi) is 4.08. The molecule has 0 aromatic carbocycles. The van der Waals surface area contributed by atoms with E-state index in [9.17, 15) is 13.5 Å². The van der Waals surface area contributed by atoms with E-state index in [0.717, 1.165) is 4.88 Å². The minimum atomic E-state index is -3.42. The van der Waals surface area contributed by atoms with Gasteiger partial charge in [0.25, 0.3) is 10.0 Å². The van der Waals surface area contributed by atoms with Gasteiger partial charge in [-0.25, -0.2) is 8.42 Å². The highest BCUT2D eigenvalue weighted by Crippen LogP contribution is 2.28. The van der Waals surface area contributed by atoms with Crippen molar-refractivity contribution in [3.05, 3.63) is 17.0 Å². The van der Waals surface area contributed by atoms with Crippen molar-refractivity contribution >= 4 is 21.4 Å². The number of sulfonamides is 1. The molecule has 1 aromatic rings. The second-order valence-corrected chi connectivity index (χ2v) is 7.95. The smallest absolute Gasteiger partial charge is 0.252 e. The largest absolute Gasteiger partial charge is 0.393 e. The van der Waals surface area contributed by atoms with Crippen LogP contribution in [0.1, 0.15) is 18.2 Å². The average molecular weight is 290 g/mol. The Labute approximate surface area is 111 Å². The van der Waals surface area contributed by atoms with Gasteiger partial charge in [0.05, 0.1) is 6.10 Å². The third kappa shape index (κ3) is 2.60. The molecule has 3 N–H and O–H groups in total. The van der Waals surface area contributed by atoms with E-state index in [2.05, 4.69) is 0 Å². The first-order chi connectivity index (χ1) is 8.45. The van der Waals surface area contributed by atoms with Gasteiger partial charge in [0.15, 0.2) is 0 Å². The van der Waals surface area contributed by atoms with Crippen LogP contribution in [0, 0.1) is 5.92 Å². The fourth-order valence-electron chi connectivity index (χ4n) is 2.05. The minimum absolute atomic E-state index is 0.0255. The van der Waals surface area contributed by atoms with Crippen molar-refractivity contribution < 1.29 is 13.5 Å². The van der Waals surface area contributed by atoms with E-state index in [0.29, 0.717) is 30.3 Å². The lowest BCUT2D eigenvalue weighted by atomic mass is 9.99. The molecule has 1 aliphatic heterocycles. The number of nitrogens with two attached hydrogens (primary N) is 1. The molecule has 2 heterocycles. The van der Waals surface area contributed by atoms with E-state index in [4.69, 9.17) is 5.73 Å². The maximum Gasteiger partial charge on any atom is 0.252 e. The van der Waals surface area contributed by atoms with Crippen LogP contribution in [-0.2, 0) is 16.6 Å². The molecule has 0 saturated carbocycles. The van der Waals surface area contributed by atoms with Gasteiger partial charge in [-0.3, -0.25) is 0 Å². The third-order valence-corrected chi connectivity index (χ3v) is 6.70. The van der Waals surface area contributed by atoms with E-state index in [1.165, 1.54) is 15.6 Å². The fourth-order valence-corrected chi connectivity index (χ4v) is 4.99. The molecule has 1 saturated heterocycles. The predicted octanol–water partition coefficient (Wildman–Crippen LogP) is 0.598. The van der Waals surface area contributed by atoms with Crippen molar-refractivity contribution in [1.82, 2.24) is 4.31 Å². The van der Waals surface area contributed by atoms with Crippen LogP contribution in [-0.4, -0.2) is 37.0 Å². The highest BCUT2D eigenvalue weighted by Gasteiger charge is 2.33. The lowest BCUT2D eigenvalue weighted by molar-refractivity contribution is 0.0629. The number of hydrogen-bond donors (Lipinski definition) is 2. The van der Waals surface area contributed by atoms with E-state index in [1.807, 2.05) is 6.92 Å². The predicted molar refractivity (Wildman–Crippen MR) is 70.8 cm³/mol. The maximum atomic E-state index is 12.4. The van der Waals surface area contributed by atoms with Gasteiger partial charge in [-0.15, -0.1) is 11.3 Å². The molecule has 2 atom stereocenters. The number of rotatable bonds is 3. The Morgan fingerprint density at radius 2 is 2.28 bits per heavy atom. The summed E-state index contributed by atoms with van der Waals surface area (Å²) in [6, 6.07) is 3.36. The summed E-state index contributed by atoms with van der Waals surface area (Å²) in [5, 5.41) is 9.64. The first kappa shape index (κ1) is 14.0. The molecule has 0 bridgehead atoms. The molecule has 1 aromatic heterocycles. The number of aliphatic hydroxyl groups is 1. The van der Waals surface area contributed by atoms with Gasteiger partial charge in [0, 0.05) is 24.5 Å². The number of hydrogen-bond acceptors (Lipinski definition) is 5. The van der Waals surface area contributed by atoms with E-state index >= 15 is 0 Å². The van der Waals surface area contributed by atoms with Crippen LogP contribution in [0.3, 0.4) is 0 Å². The fraction of sp³-hybridized carbons (Fsp3) is 0.636. The Bertz CT molecular complexity index is 512. The van der Waals surface area contributed by atoms with Gasteiger partial charge in [-0.05, 0) is 24.5 Å². The van der Waals surface area contributed by atoms with Crippen LogP contribution < -0.4 is 5.73 Å². The number of nitrogens with zero attached hydrogens (tertiary/aromatic N) is 1. The molecule has 5 nitrogen and oxygen atoms in total.